The number of likely N-dealkylation sites (tertiary alicyclic amines) is 1. The first kappa shape index (κ1) is 22.5. The van der Waals surface area contributed by atoms with E-state index in [1.807, 2.05) is 24.1 Å². The van der Waals surface area contributed by atoms with Crippen LogP contribution in [-0.4, -0.2) is 60.2 Å². The lowest BCUT2D eigenvalue weighted by Gasteiger charge is -2.35. The minimum atomic E-state index is -5.08. The predicted molar refractivity (Wildman–Crippen MR) is 110 cm³/mol. The molecule has 2 aliphatic rings. The minimum absolute atomic E-state index is 0.0965. The smallest absolute Gasteiger partial charge is 0.475 e. The summed E-state index contributed by atoms with van der Waals surface area (Å²) in [5.74, 6) is -1.72. The van der Waals surface area contributed by atoms with Crippen LogP contribution in [0.15, 0.2) is 35.4 Å². The maximum absolute atomic E-state index is 10.6. The maximum atomic E-state index is 10.6. The van der Waals surface area contributed by atoms with Crippen LogP contribution >= 0.6 is 11.3 Å². The largest absolute Gasteiger partial charge is 0.490 e. The number of thiophene rings is 1. The molecule has 0 aliphatic carbocycles. The van der Waals surface area contributed by atoms with Gasteiger partial charge < -0.3 is 14.4 Å². The van der Waals surface area contributed by atoms with Crippen LogP contribution in [-0.2, 0) is 36.3 Å². The van der Waals surface area contributed by atoms with Crippen LogP contribution in [0.2, 0.25) is 0 Å². The van der Waals surface area contributed by atoms with Crippen LogP contribution < -0.4 is 0 Å². The van der Waals surface area contributed by atoms with Crippen LogP contribution in [0, 0.1) is 0 Å². The normalized spacial score (nSPS) is 20.8. The number of carbonyl (C=O) groups is 1. The summed E-state index contributed by atoms with van der Waals surface area (Å²) in [6.07, 6.45) is 2.01. The quantitative estimate of drug-likeness (QED) is 0.635. The molecule has 172 valence electrons. The highest BCUT2D eigenvalue weighted by Crippen LogP contribution is 2.36. The molecule has 5 heterocycles. The Morgan fingerprint density at radius 1 is 1.34 bits per heavy atom. The number of carboxylic acids is 1. The summed E-state index contributed by atoms with van der Waals surface area (Å²) >= 11 is 1.73. The summed E-state index contributed by atoms with van der Waals surface area (Å²) in [4.78, 5) is 15.9. The topological polar surface area (TPSA) is 85.4 Å². The van der Waals surface area contributed by atoms with Crippen molar-refractivity contribution >= 4 is 17.3 Å². The monoisotopic (exact) mass is 469 g/mol. The van der Waals surface area contributed by atoms with Gasteiger partial charge in [-0.25, -0.2) is 9.78 Å². The Hall–Kier alpha value is -2.70. The molecule has 0 amide bonds. The molecular formula is C20H22F3N5O3S. The van der Waals surface area contributed by atoms with Gasteiger partial charge in [-0.15, -0.1) is 0 Å². The highest BCUT2D eigenvalue weighted by atomic mass is 32.1. The Morgan fingerprint density at radius 2 is 2.12 bits per heavy atom. The summed E-state index contributed by atoms with van der Waals surface area (Å²) in [7, 11) is 1.96. The van der Waals surface area contributed by atoms with Gasteiger partial charge in [0.1, 0.15) is 18.0 Å². The van der Waals surface area contributed by atoms with Gasteiger partial charge in [0, 0.05) is 49.4 Å². The van der Waals surface area contributed by atoms with Crippen LogP contribution in [0.3, 0.4) is 0 Å². The molecule has 0 saturated carbocycles. The summed E-state index contributed by atoms with van der Waals surface area (Å²) < 4.78 is 42.3. The molecule has 1 fully saturated rings. The number of nitrogens with zero attached hydrogens (tertiary/aromatic N) is 5. The first-order valence-electron chi connectivity index (χ1n) is 9.86. The van der Waals surface area contributed by atoms with Crippen molar-refractivity contribution in [3.8, 4) is 11.3 Å². The Morgan fingerprint density at radius 3 is 2.75 bits per heavy atom. The average molecular weight is 469 g/mol. The summed E-state index contributed by atoms with van der Waals surface area (Å²) in [5, 5.41) is 15.7. The third-order valence-electron chi connectivity index (χ3n) is 5.51. The van der Waals surface area contributed by atoms with Gasteiger partial charge in [0.05, 0.1) is 24.6 Å². The van der Waals surface area contributed by atoms with Crippen LogP contribution in [0.4, 0.5) is 13.2 Å². The number of alkyl halides is 3. The molecule has 1 unspecified atom stereocenters. The fraction of sp³-hybridized carbons (Fsp3) is 0.450. The SMILES string of the molecule is Cn1cc(CN2CCC3(C2)Cn2c(-c4ccsc4)cnc2CO3)cn1.O=C(O)C(F)(F)F. The lowest BCUT2D eigenvalue weighted by Crippen LogP contribution is -2.44. The van der Waals surface area contributed by atoms with E-state index in [-0.39, 0.29) is 5.60 Å². The molecule has 1 saturated heterocycles. The number of halogens is 3. The second kappa shape index (κ2) is 8.68. The zero-order valence-electron chi connectivity index (χ0n) is 17.2. The second-order valence-electron chi connectivity index (χ2n) is 7.92. The number of aromatic nitrogens is 4. The van der Waals surface area contributed by atoms with E-state index < -0.39 is 12.1 Å². The van der Waals surface area contributed by atoms with Crippen molar-refractivity contribution in [3.63, 3.8) is 0 Å². The van der Waals surface area contributed by atoms with Gasteiger partial charge in [0.2, 0.25) is 0 Å². The molecule has 5 rings (SSSR count). The average Bonchev–Trinajstić information content (AvgIpc) is 3.50. The van der Waals surface area contributed by atoms with E-state index in [1.54, 1.807) is 11.3 Å². The Balaban J connectivity index is 0.000000307. The van der Waals surface area contributed by atoms with Crippen molar-refractivity contribution in [3.05, 3.63) is 46.8 Å². The fourth-order valence-corrected chi connectivity index (χ4v) is 4.67. The van der Waals surface area contributed by atoms with Gasteiger partial charge in [-0.2, -0.15) is 29.6 Å². The standard InChI is InChI=1S/C18H21N5OS.C2HF3O2/c1-21-8-14(6-20-21)9-22-4-3-18(12-22)13-23-16(15-2-5-25-11-15)7-19-17(23)10-24-18;3-2(4,5)1(6)7/h2,5-8,11H,3-4,9-10,12-13H2,1H3;(H,6,7). The van der Waals surface area contributed by atoms with Crippen molar-refractivity contribution in [1.29, 1.82) is 0 Å². The number of hydrogen-bond donors (Lipinski definition) is 1. The van der Waals surface area contributed by atoms with Gasteiger partial charge in [-0.1, -0.05) is 0 Å². The van der Waals surface area contributed by atoms with Crippen LogP contribution in [0.5, 0.6) is 0 Å². The van der Waals surface area contributed by atoms with E-state index in [2.05, 4.69) is 42.6 Å². The fourth-order valence-electron chi connectivity index (χ4n) is 4.02. The van der Waals surface area contributed by atoms with Crippen molar-refractivity contribution < 1.29 is 27.8 Å². The third kappa shape index (κ3) is 4.87. The van der Waals surface area contributed by atoms with E-state index in [0.29, 0.717) is 6.61 Å². The number of aliphatic carboxylic acids is 1. The Bertz CT molecular complexity index is 1080. The van der Waals surface area contributed by atoms with Gasteiger partial charge in [-0.05, 0) is 17.9 Å². The predicted octanol–water partition coefficient (Wildman–Crippen LogP) is 3.15. The van der Waals surface area contributed by atoms with E-state index in [0.717, 1.165) is 38.4 Å². The van der Waals surface area contributed by atoms with Gasteiger partial charge in [-0.3, -0.25) is 9.58 Å². The Labute approximate surface area is 185 Å². The van der Waals surface area contributed by atoms with Crippen LogP contribution in [0.25, 0.3) is 11.3 Å². The molecule has 1 N–H and O–H groups in total. The van der Waals surface area contributed by atoms with E-state index in [1.165, 1.54) is 16.8 Å². The number of ether oxygens (including phenoxy) is 1. The lowest BCUT2D eigenvalue weighted by atomic mass is 10.0. The number of imidazole rings is 1. The molecule has 1 atom stereocenters. The first-order valence-corrected chi connectivity index (χ1v) is 10.8. The zero-order valence-corrected chi connectivity index (χ0v) is 18.1. The van der Waals surface area contributed by atoms with Crippen LogP contribution in [0.1, 0.15) is 17.8 Å². The number of rotatable bonds is 3. The first-order chi connectivity index (χ1) is 15.2. The molecular weight excluding hydrogens is 447 g/mol. The van der Waals surface area contributed by atoms with Crippen molar-refractivity contribution in [1.82, 2.24) is 24.2 Å². The summed E-state index contributed by atoms with van der Waals surface area (Å²) in [6, 6.07) is 2.17. The Kier molecular flexibility index (Phi) is 6.10. The number of fused-ring (bicyclic) bond motifs is 1. The molecule has 12 heteroatoms. The van der Waals surface area contributed by atoms with E-state index in [4.69, 9.17) is 14.6 Å². The van der Waals surface area contributed by atoms with E-state index in [9.17, 15) is 13.2 Å². The number of hydrogen-bond acceptors (Lipinski definition) is 6. The minimum Gasteiger partial charge on any atom is -0.475 e. The number of carboxylic acid groups (broad SMARTS) is 1. The highest BCUT2D eigenvalue weighted by Gasteiger charge is 2.43. The lowest BCUT2D eigenvalue weighted by molar-refractivity contribution is -0.192. The van der Waals surface area contributed by atoms with Gasteiger partial charge in [0.25, 0.3) is 0 Å². The third-order valence-corrected chi connectivity index (χ3v) is 6.19. The molecule has 0 aromatic carbocycles. The molecule has 32 heavy (non-hydrogen) atoms. The molecule has 8 nitrogen and oxygen atoms in total. The van der Waals surface area contributed by atoms with Crippen molar-refractivity contribution in [2.24, 2.45) is 7.05 Å². The highest BCUT2D eigenvalue weighted by molar-refractivity contribution is 7.08. The molecule has 0 bridgehead atoms. The molecule has 3 aromatic rings. The molecule has 0 radical (unpaired) electrons. The van der Waals surface area contributed by atoms with Gasteiger partial charge >= 0.3 is 12.1 Å². The molecule has 1 spiro atoms. The number of aryl methyl sites for hydroxylation is 1. The second-order valence-corrected chi connectivity index (χ2v) is 8.70. The molecule has 2 aliphatic heterocycles. The van der Waals surface area contributed by atoms with Crippen molar-refractivity contribution in [2.75, 3.05) is 13.1 Å². The van der Waals surface area contributed by atoms with E-state index >= 15 is 0 Å². The summed E-state index contributed by atoms with van der Waals surface area (Å²) in [5.41, 5.74) is 3.63. The zero-order chi connectivity index (χ0) is 22.9. The maximum Gasteiger partial charge on any atom is 0.490 e. The van der Waals surface area contributed by atoms with Crippen molar-refractivity contribution in [2.45, 2.75) is 37.9 Å². The molecule has 3 aromatic heterocycles. The van der Waals surface area contributed by atoms with Gasteiger partial charge in [0.15, 0.2) is 0 Å². The summed E-state index contributed by atoms with van der Waals surface area (Å²) in [6.45, 7) is 4.45.